The van der Waals surface area contributed by atoms with Crippen LogP contribution < -0.4 is 5.32 Å². The fraction of sp³-hybridized carbons (Fsp3) is 0.857. The Kier molecular flexibility index (Phi) is 4.67. The average molecular weight is 234 g/mol. The zero-order valence-corrected chi connectivity index (χ0v) is 7.99. The van der Waals surface area contributed by atoms with Crippen molar-refractivity contribution >= 4 is 18.4 Å². The standard InChI is InChI=1S/C7H10F3NO2.ClH/c8-7(9,10)5-3-4(6(12)13)1-2-11-5;/h4-5,11H,1-3H2,(H,12,13);1H/t4-,5+;/m0./s1. The number of carbonyl (C=O) groups is 1. The van der Waals surface area contributed by atoms with E-state index < -0.39 is 24.1 Å². The molecular formula is C7H11ClF3NO2. The number of carboxylic acids is 1. The molecule has 0 radical (unpaired) electrons. The first-order chi connectivity index (χ1) is 5.91. The molecule has 1 heterocycles. The Hall–Kier alpha value is -0.490. The smallest absolute Gasteiger partial charge is 0.403 e. The minimum Gasteiger partial charge on any atom is -0.481 e. The van der Waals surface area contributed by atoms with Crippen molar-refractivity contribution in [2.75, 3.05) is 6.54 Å². The lowest BCUT2D eigenvalue weighted by Crippen LogP contribution is -2.48. The first-order valence-corrected chi connectivity index (χ1v) is 3.94. The number of hydrogen-bond acceptors (Lipinski definition) is 2. The summed E-state index contributed by atoms with van der Waals surface area (Å²) in [6.45, 7) is 0.112. The molecule has 0 spiro atoms. The van der Waals surface area contributed by atoms with Gasteiger partial charge in [0.1, 0.15) is 6.04 Å². The van der Waals surface area contributed by atoms with E-state index in [1.165, 1.54) is 0 Å². The molecule has 1 rings (SSSR count). The summed E-state index contributed by atoms with van der Waals surface area (Å²) in [6.07, 6.45) is -4.44. The van der Waals surface area contributed by atoms with Gasteiger partial charge in [0.15, 0.2) is 0 Å². The van der Waals surface area contributed by atoms with Crippen molar-refractivity contribution in [2.24, 2.45) is 5.92 Å². The number of carboxylic acid groups (broad SMARTS) is 1. The highest BCUT2D eigenvalue weighted by Gasteiger charge is 2.43. The summed E-state index contributed by atoms with van der Waals surface area (Å²) in [5.41, 5.74) is 0. The SMILES string of the molecule is Cl.O=C(O)[C@H]1CCN[C@@H](C(F)(F)F)C1. The minimum atomic E-state index is -4.34. The summed E-state index contributed by atoms with van der Waals surface area (Å²) < 4.78 is 36.4. The van der Waals surface area contributed by atoms with E-state index in [-0.39, 0.29) is 31.8 Å². The fourth-order valence-electron chi connectivity index (χ4n) is 1.39. The van der Waals surface area contributed by atoms with Crippen molar-refractivity contribution in [2.45, 2.75) is 25.1 Å². The topological polar surface area (TPSA) is 49.3 Å². The van der Waals surface area contributed by atoms with E-state index in [1.54, 1.807) is 0 Å². The number of hydrogen-bond donors (Lipinski definition) is 2. The molecule has 1 fully saturated rings. The van der Waals surface area contributed by atoms with Gasteiger partial charge in [-0.2, -0.15) is 13.2 Å². The van der Waals surface area contributed by atoms with E-state index in [2.05, 4.69) is 5.32 Å². The highest BCUT2D eigenvalue weighted by Crippen LogP contribution is 2.28. The van der Waals surface area contributed by atoms with Gasteiger partial charge in [-0.15, -0.1) is 12.4 Å². The second-order valence-corrected chi connectivity index (χ2v) is 3.11. The molecule has 0 aliphatic carbocycles. The molecule has 0 aromatic heterocycles. The lowest BCUT2D eigenvalue weighted by atomic mass is 9.92. The number of halogens is 4. The van der Waals surface area contributed by atoms with Gasteiger partial charge < -0.3 is 10.4 Å². The molecule has 1 aliphatic heterocycles. The summed E-state index contributed by atoms with van der Waals surface area (Å²) in [5, 5.41) is 10.8. The maximum Gasteiger partial charge on any atom is 0.403 e. The second kappa shape index (κ2) is 4.84. The van der Waals surface area contributed by atoms with Crippen LogP contribution in [0.1, 0.15) is 12.8 Å². The van der Waals surface area contributed by atoms with Crippen LogP contribution in [0.25, 0.3) is 0 Å². The van der Waals surface area contributed by atoms with E-state index >= 15 is 0 Å². The van der Waals surface area contributed by atoms with Crippen LogP contribution in [-0.2, 0) is 4.79 Å². The molecule has 14 heavy (non-hydrogen) atoms. The summed E-state index contributed by atoms with van der Waals surface area (Å²) >= 11 is 0. The largest absolute Gasteiger partial charge is 0.481 e. The zero-order valence-electron chi connectivity index (χ0n) is 7.17. The lowest BCUT2D eigenvalue weighted by Gasteiger charge is -2.29. The van der Waals surface area contributed by atoms with Crippen LogP contribution in [-0.4, -0.2) is 29.8 Å². The van der Waals surface area contributed by atoms with Crippen LogP contribution >= 0.6 is 12.4 Å². The summed E-state index contributed by atoms with van der Waals surface area (Å²) in [5.74, 6) is -2.01. The van der Waals surface area contributed by atoms with Crippen molar-refractivity contribution in [3.63, 3.8) is 0 Å². The van der Waals surface area contributed by atoms with Gasteiger partial charge in [0, 0.05) is 0 Å². The number of rotatable bonds is 1. The fourth-order valence-corrected chi connectivity index (χ4v) is 1.39. The van der Waals surface area contributed by atoms with Gasteiger partial charge in [0.2, 0.25) is 0 Å². The van der Waals surface area contributed by atoms with E-state index in [0.717, 1.165) is 0 Å². The molecule has 1 aliphatic rings. The number of piperidine rings is 1. The first kappa shape index (κ1) is 13.5. The Morgan fingerprint density at radius 3 is 2.43 bits per heavy atom. The van der Waals surface area contributed by atoms with Gasteiger partial charge in [0.05, 0.1) is 5.92 Å². The van der Waals surface area contributed by atoms with Gasteiger partial charge in [-0.05, 0) is 19.4 Å². The van der Waals surface area contributed by atoms with Crippen molar-refractivity contribution in [3.05, 3.63) is 0 Å². The van der Waals surface area contributed by atoms with Crippen LogP contribution in [0.5, 0.6) is 0 Å². The highest BCUT2D eigenvalue weighted by molar-refractivity contribution is 5.85. The van der Waals surface area contributed by atoms with Crippen LogP contribution in [0.4, 0.5) is 13.2 Å². The second-order valence-electron chi connectivity index (χ2n) is 3.11. The molecule has 0 unspecified atom stereocenters. The van der Waals surface area contributed by atoms with E-state index in [1.807, 2.05) is 0 Å². The molecule has 0 saturated carbocycles. The number of aliphatic carboxylic acids is 1. The van der Waals surface area contributed by atoms with Crippen LogP contribution in [0.3, 0.4) is 0 Å². The van der Waals surface area contributed by atoms with Gasteiger partial charge in [-0.1, -0.05) is 0 Å². The third-order valence-corrected chi connectivity index (χ3v) is 2.15. The van der Waals surface area contributed by atoms with Crippen LogP contribution in [0.15, 0.2) is 0 Å². The molecular weight excluding hydrogens is 223 g/mol. The van der Waals surface area contributed by atoms with Gasteiger partial charge in [-0.3, -0.25) is 4.79 Å². The third kappa shape index (κ3) is 3.34. The predicted molar refractivity (Wildman–Crippen MR) is 45.5 cm³/mol. The van der Waals surface area contributed by atoms with Gasteiger partial charge in [0.25, 0.3) is 0 Å². The zero-order chi connectivity index (χ0) is 10.1. The predicted octanol–water partition coefficient (Wildman–Crippen LogP) is 1.42. The van der Waals surface area contributed by atoms with E-state index in [0.29, 0.717) is 0 Å². The molecule has 2 N–H and O–H groups in total. The highest BCUT2D eigenvalue weighted by atomic mass is 35.5. The van der Waals surface area contributed by atoms with Crippen LogP contribution in [0.2, 0.25) is 0 Å². The van der Waals surface area contributed by atoms with Crippen molar-refractivity contribution in [1.82, 2.24) is 5.32 Å². The molecule has 0 aromatic carbocycles. The molecule has 84 valence electrons. The van der Waals surface area contributed by atoms with E-state index in [4.69, 9.17) is 5.11 Å². The van der Waals surface area contributed by atoms with Crippen molar-refractivity contribution in [3.8, 4) is 0 Å². The minimum absolute atomic E-state index is 0. The maximum absolute atomic E-state index is 12.1. The Bertz CT molecular complexity index is 210. The molecule has 0 amide bonds. The Balaban J connectivity index is 0.00000169. The third-order valence-electron chi connectivity index (χ3n) is 2.15. The van der Waals surface area contributed by atoms with Gasteiger partial charge >= 0.3 is 12.1 Å². The molecule has 0 aromatic rings. The molecule has 2 atom stereocenters. The Morgan fingerprint density at radius 2 is 2.00 bits per heavy atom. The summed E-state index contributed by atoms with van der Waals surface area (Å²) in [7, 11) is 0. The van der Waals surface area contributed by atoms with E-state index in [9.17, 15) is 18.0 Å². The maximum atomic E-state index is 12.1. The van der Waals surface area contributed by atoms with Crippen molar-refractivity contribution < 1.29 is 23.1 Å². The monoisotopic (exact) mass is 233 g/mol. The normalized spacial score (nSPS) is 27.9. The number of alkyl halides is 3. The van der Waals surface area contributed by atoms with Crippen LogP contribution in [0, 0.1) is 5.92 Å². The summed E-state index contributed by atoms with van der Waals surface area (Å²) in [4.78, 5) is 10.4. The Labute approximate surface area is 85.1 Å². The average Bonchev–Trinajstić information content (AvgIpc) is 2.03. The first-order valence-electron chi connectivity index (χ1n) is 3.94. The van der Waals surface area contributed by atoms with Gasteiger partial charge in [-0.25, -0.2) is 0 Å². The Morgan fingerprint density at radius 1 is 1.43 bits per heavy atom. The van der Waals surface area contributed by atoms with Crippen molar-refractivity contribution in [1.29, 1.82) is 0 Å². The lowest BCUT2D eigenvalue weighted by molar-refractivity contribution is -0.168. The quantitative estimate of drug-likeness (QED) is 0.720. The number of nitrogens with one attached hydrogen (secondary N) is 1. The molecule has 1 saturated heterocycles. The molecule has 7 heteroatoms. The molecule has 0 bridgehead atoms. The summed E-state index contributed by atoms with van der Waals surface area (Å²) in [6, 6.07) is -1.66. The molecule has 3 nitrogen and oxygen atoms in total.